The molecule has 0 aliphatic carbocycles. The number of ether oxygens (including phenoxy) is 1. The summed E-state index contributed by atoms with van der Waals surface area (Å²) in [4.78, 5) is 2.40. The van der Waals surface area contributed by atoms with E-state index in [4.69, 9.17) is 15.9 Å². The van der Waals surface area contributed by atoms with Crippen LogP contribution in [0.5, 0.6) is 5.75 Å². The molecule has 1 aromatic rings. The zero-order valence-corrected chi connectivity index (χ0v) is 12.0. The number of nitrogen functional groups attached to an aromatic ring is 1. The molecule has 0 bridgehead atoms. The van der Waals surface area contributed by atoms with Gasteiger partial charge in [-0.25, -0.2) is 0 Å². The first-order chi connectivity index (χ1) is 9.17. The molecule has 1 rings (SSSR count). The van der Waals surface area contributed by atoms with Crippen molar-refractivity contribution >= 4 is 5.84 Å². The maximum atomic E-state index is 7.32. The summed E-state index contributed by atoms with van der Waals surface area (Å²) in [6.07, 6.45) is 2.46. The number of hydrogen-bond donors (Lipinski definition) is 2. The molecule has 4 nitrogen and oxygen atoms in total. The third-order valence-electron chi connectivity index (χ3n) is 3.12. The number of likely N-dealkylation sites (N-methyl/N-ethyl adjacent to an activating group) is 1. The van der Waals surface area contributed by atoms with Crippen molar-refractivity contribution in [3.63, 3.8) is 0 Å². The van der Waals surface area contributed by atoms with Gasteiger partial charge < -0.3 is 15.4 Å². The van der Waals surface area contributed by atoms with Crippen molar-refractivity contribution < 1.29 is 4.74 Å². The first-order valence-electron chi connectivity index (χ1n) is 6.97. The van der Waals surface area contributed by atoms with E-state index in [-0.39, 0.29) is 5.84 Å². The van der Waals surface area contributed by atoms with Gasteiger partial charge in [-0.3, -0.25) is 5.41 Å². The van der Waals surface area contributed by atoms with Gasteiger partial charge in [0, 0.05) is 12.1 Å². The number of rotatable bonds is 9. The van der Waals surface area contributed by atoms with Gasteiger partial charge in [0.25, 0.3) is 0 Å². The Morgan fingerprint density at radius 3 is 2.42 bits per heavy atom. The van der Waals surface area contributed by atoms with Crippen molar-refractivity contribution in [1.29, 1.82) is 5.41 Å². The molecule has 106 valence electrons. The average molecular weight is 263 g/mol. The van der Waals surface area contributed by atoms with E-state index in [9.17, 15) is 0 Å². The molecular weight excluding hydrogens is 238 g/mol. The lowest BCUT2D eigenvalue weighted by Gasteiger charge is -2.20. The minimum absolute atomic E-state index is 0.0864. The third kappa shape index (κ3) is 5.75. The second kappa shape index (κ2) is 8.53. The molecule has 0 amide bonds. The number of unbranched alkanes of at least 4 members (excludes halogenated alkanes) is 1. The standard InChI is InChI=1S/C15H25N3O/c1-3-5-10-18(4-2)11-12-19-14-8-6-13(7-9-14)15(16)17/h6-9H,3-5,10-12H2,1-2H3,(H3,16,17). The molecular formula is C15H25N3O. The van der Waals surface area contributed by atoms with Gasteiger partial charge in [-0.2, -0.15) is 0 Å². The van der Waals surface area contributed by atoms with Crippen LogP contribution in [0.15, 0.2) is 24.3 Å². The molecule has 0 fully saturated rings. The quantitative estimate of drug-likeness (QED) is 0.531. The highest BCUT2D eigenvalue weighted by Gasteiger charge is 2.02. The lowest BCUT2D eigenvalue weighted by Crippen LogP contribution is -2.29. The van der Waals surface area contributed by atoms with Crippen molar-refractivity contribution in [3.8, 4) is 5.75 Å². The summed E-state index contributed by atoms with van der Waals surface area (Å²) < 4.78 is 5.70. The Labute approximate surface area is 116 Å². The molecule has 0 aromatic heterocycles. The minimum Gasteiger partial charge on any atom is -0.492 e. The molecule has 0 radical (unpaired) electrons. The van der Waals surface area contributed by atoms with E-state index in [1.165, 1.54) is 12.8 Å². The number of nitrogens with one attached hydrogen (secondary N) is 1. The van der Waals surface area contributed by atoms with Crippen LogP contribution in [0.25, 0.3) is 0 Å². The highest BCUT2D eigenvalue weighted by atomic mass is 16.5. The predicted molar refractivity (Wildman–Crippen MR) is 80.0 cm³/mol. The van der Waals surface area contributed by atoms with Gasteiger partial charge in [-0.15, -0.1) is 0 Å². The van der Waals surface area contributed by atoms with Crippen molar-refractivity contribution in [2.24, 2.45) is 5.73 Å². The van der Waals surface area contributed by atoms with E-state index >= 15 is 0 Å². The van der Waals surface area contributed by atoms with Crippen LogP contribution < -0.4 is 10.5 Å². The molecule has 19 heavy (non-hydrogen) atoms. The maximum absolute atomic E-state index is 7.32. The van der Waals surface area contributed by atoms with Gasteiger partial charge in [0.05, 0.1) is 0 Å². The summed E-state index contributed by atoms with van der Waals surface area (Å²) in [6, 6.07) is 7.34. The van der Waals surface area contributed by atoms with Crippen LogP contribution in [0.1, 0.15) is 32.3 Å². The minimum atomic E-state index is 0.0864. The summed E-state index contributed by atoms with van der Waals surface area (Å²) in [7, 11) is 0. The Bertz CT molecular complexity index is 375. The van der Waals surface area contributed by atoms with Crippen LogP contribution in [0.2, 0.25) is 0 Å². The number of amidine groups is 1. The normalized spacial score (nSPS) is 10.7. The number of nitrogens with zero attached hydrogens (tertiary/aromatic N) is 1. The summed E-state index contributed by atoms with van der Waals surface area (Å²) in [5.74, 6) is 0.916. The van der Waals surface area contributed by atoms with Gasteiger partial charge >= 0.3 is 0 Å². The smallest absolute Gasteiger partial charge is 0.122 e. The predicted octanol–water partition coefficient (Wildman–Crippen LogP) is 2.47. The molecule has 0 aliphatic heterocycles. The SMILES string of the molecule is CCCCN(CC)CCOc1ccc(C(=N)N)cc1. The first kappa shape index (κ1) is 15.5. The van der Waals surface area contributed by atoms with Crippen LogP contribution in [0, 0.1) is 5.41 Å². The molecule has 0 aliphatic rings. The highest BCUT2D eigenvalue weighted by Crippen LogP contribution is 2.11. The van der Waals surface area contributed by atoms with Gasteiger partial charge in [0.2, 0.25) is 0 Å². The summed E-state index contributed by atoms with van der Waals surface area (Å²) in [6.45, 7) is 8.23. The van der Waals surface area contributed by atoms with E-state index in [1.807, 2.05) is 24.3 Å². The molecule has 0 unspecified atom stereocenters. The molecule has 4 heteroatoms. The van der Waals surface area contributed by atoms with Gasteiger partial charge in [-0.1, -0.05) is 20.3 Å². The fourth-order valence-electron chi connectivity index (χ4n) is 1.83. The fraction of sp³-hybridized carbons (Fsp3) is 0.533. The fourth-order valence-corrected chi connectivity index (χ4v) is 1.83. The van der Waals surface area contributed by atoms with Crippen molar-refractivity contribution in [2.45, 2.75) is 26.7 Å². The number of hydrogen-bond acceptors (Lipinski definition) is 3. The Morgan fingerprint density at radius 2 is 1.89 bits per heavy atom. The lowest BCUT2D eigenvalue weighted by molar-refractivity contribution is 0.213. The molecule has 0 saturated carbocycles. The Balaban J connectivity index is 2.33. The topological polar surface area (TPSA) is 62.3 Å². The van der Waals surface area contributed by atoms with Crippen LogP contribution in [0.3, 0.4) is 0 Å². The number of nitrogens with two attached hydrogens (primary N) is 1. The molecule has 1 aromatic carbocycles. The van der Waals surface area contributed by atoms with Crippen LogP contribution >= 0.6 is 0 Å². The summed E-state index contributed by atoms with van der Waals surface area (Å²) >= 11 is 0. The molecule has 0 saturated heterocycles. The van der Waals surface area contributed by atoms with E-state index in [0.717, 1.165) is 30.9 Å². The Morgan fingerprint density at radius 1 is 1.21 bits per heavy atom. The zero-order chi connectivity index (χ0) is 14.1. The van der Waals surface area contributed by atoms with Crippen LogP contribution in [0.4, 0.5) is 0 Å². The van der Waals surface area contributed by atoms with Gasteiger partial charge in [0.1, 0.15) is 18.2 Å². The van der Waals surface area contributed by atoms with E-state index < -0.39 is 0 Å². The Kier molecular flexibility index (Phi) is 6.97. The van der Waals surface area contributed by atoms with E-state index in [2.05, 4.69) is 18.7 Å². The van der Waals surface area contributed by atoms with E-state index in [1.54, 1.807) is 0 Å². The van der Waals surface area contributed by atoms with Crippen LogP contribution in [-0.4, -0.2) is 37.0 Å². The third-order valence-corrected chi connectivity index (χ3v) is 3.12. The zero-order valence-electron chi connectivity index (χ0n) is 12.0. The van der Waals surface area contributed by atoms with Gasteiger partial charge in [-0.05, 0) is 43.8 Å². The van der Waals surface area contributed by atoms with Crippen LogP contribution in [-0.2, 0) is 0 Å². The van der Waals surface area contributed by atoms with Crippen molar-refractivity contribution in [3.05, 3.63) is 29.8 Å². The maximum Gasteiger partial charge on any atom is 0.122 e. The Hall–Kier alpha value is -1.55. The largest absolute Gasteiger partial charge is 0.492 e. The first-order valence-corrected chi connectivity index (χ1v) is 6.97. The number of benzene rings is 1. The summed E-state index contributed by atoms with van der Waals surface area (Å²) in [5, 5.41) is 7.32. The molecule has 0 heterocycles. The lowest BCUT2D eigenvalue weighted by atomic mass is 10.2. The summed E-state index contributed by atoms with van der Waals surface area (Å²) in [5.41, 5.74) is 6.13. The molecule has 0 spiro atoms. The molecule has 0 atom stereocenters. The van der Waals surface area contributed by atoms with Gasteiger partial charge in [0.15, 0.2) is 0 Å². The monoisotopic (exact) mass is 263 g/mol. The average Bonchev–Trinajstić information content (AvgIpc) is 2.43. The highest BCUT2D eigenvalue weighted by molar-refractivity contribution is 5.94. The van der Waals surface area contributed by atoms with Crippen molar-refractivity contribution in [1.82, 2.24) is 4.90 Å². The van der Waals surface area contributed by atoms with Crippen molar-refractivity contribution in [2.75, 3.05) is 26.2 Å². The van der Waals surface area contributed by atoms with E-state index in [0.29, 0.717) is 6.61 Å². The molecule has 3 N–H and O–H groups in total. The second-order valence-corrected chi connectivity index (χ2v) is 4.57. The second-order valence-electron chi connectivity index (χ2n) is 4.57.